The number of rotatable bonds is 6. The summed E-state index contributed by atoms with van der Waals surface area (Å²) in [4.78, 5) is 48.9. The first kappa shape index (κ1) is 19.2. The van der Waals surface area contributed by atoms with Gasteiger partial charge in [0.25, 0.3) is 5.91 Å². The van der Waals surface area contributed by atoms with Gasteiger partial charge in [0.15, 0.2) is 6.61 Å². The number of nitrogens with zero attached hydrogens (tertiary/aromatic N) is 1. The molecule has 2 heterocycles. The van der Waals surface area contributed by atoms with Crippen molar-refractivity contribution in [1.82, 2.24) is 10.6 Å². The Hall–Kier alpha value is -3.62. The molecule has 0 spiro atoms. The Morgan fingerprint density at radius 3 is 2.75 bits per heavy atom. The summed E-state index contributed by atoms with van der Waals surface area (Å²) < 4.78 is 9.98. The van der Waals surface area contributed by atoms with Crippen LogP contribution in [0.25, 0.3) is 0 Å². The fraction of sp³-hybridized carbons (Fsp3) is 0.263. The Bertz CT molecular complexity index is 878. The van der Waals surface area contributed by atoms with Gasteiger partial charge in [-0.05, 0) is 36.8 Å². The smallest absolute Gasteiger partial charge is 0.338 e. The lowest BCUT2D eigenvalue weighted by atomic mass is 10.2. The quantitative estimate of drug-likeness (QED) is 0.729. The predicted molar refractivity (Wildman–Crippen MR) is 97.4 cm³/mol. The van der Waals surface area contributed by atoms with Crippen LogP contribution in [0.4, 0.5) is 10.5 Å². The molecule has 1 aliphatic rings. The van der Waals surface area contributed by atoms with Crippen molar-refractivity contribution in [3.8, 4) is 0 Å². The molecule has 9 nitrogen and oxygen atoms in total. The molecule has 3 rings (SSSR count). The summed E-state index contributed by atoms with van der Waals surface area (Å²) in [5.41, 5.74) is 0.825. The number of hydrogen-bond acceptors (Lipinski definition) is 6. The van der Waals surface area contributed by atoms with Crippen molar-refractivity contribution in [3.63, 3.8) is 0 Å². The van der Waals surface area contributed by atoms with Crippen LogP contribution in [-0.4, -0.2) is 37.0 Å². The first-order chi connectivity index (χ1) is 13.5. The van der Waals surface area contributed by atoms with Crippen molar-refractivity contribution in [1.29, 1.82) is 0 Å². The second-order valence-electron chi connectivity index (χ2n) is 6.09. The van der Waals surface area contributed by atoms with Crippen molar-refractivity contribution in [2.24, 2.45) is 0 Å². The van der Waals surface area contributed by atoms with Gasteiger partial charge in [0.1, 0.15) is 5.76 Å². The van der Waals surface area contributed by atoms with Gasteiger partial charge >= 0.3 is 12.0 Å². The Balaban J connectivity index is 1.46. The molecule has 0 aliphatic carbocycles. The second kappa shape index (κ2) is 8.85. The normalized spacial score (nSPS) is 13.3. The molecule has 1 aliphatic heterocycles. The third-order valence-corrected chi connectivity index (χ3v) is 4.06. The number of nitrogens with one attached hydrogen (secondary N) is 2. The molecule has 1 fully saturated rings. The van der Waals surface area contributed by atoms with Crippen LogP contribution in [0.2, 0.25) is 0 Å². The highest BCUT2D eigenvalue weighted by Gasteiger charge is 2.22. The zero-order chi connectivity index (χ0) is 19.9. The van der Waals surface area contributed by atoms with Gasteiger partial charge in [0, 0.05) is 18.7 Å². The number of imide groups is 1. The van der Waals surface area contributed by atoms with Gasteiger partial charge in [-0.1, -0.05) is 6.07 Å². The molecule has 0 atom stereocenters. The van der Waals surface area contributed by atoms with Crippen LogP contribution in [0, 0.1) is 0 Å². The third kappa shape index (κ3) is 4.97. The highest BCUT2D eigenvalue weighted by atomic mass is 16.5. The highest BCUT2D eigenvalue weighted by Crippen LogP contribution is 2.22. The van der Waals surface area contributed by atoms with E-state index >= 15 is 0 Å². The lowest BCUT2D eigenvalue weighted by Crippen LogP contribution is -2.41. The first-order valence-corrected chi connectivity index (χ1v) is 8.70. The molecule has 146 valence electrons. The third-order valence-electron chi connectivity index (χ3n) is 4.06. The Labute approximate surface area is 160 Å². The van der Waals surface area contributed by atoms with Crippen LogP contribution >= 0.6 is 0 Å². The maximum Gasteiger partial charge on any atom is 0.338 e. The van der Waals surface area contributed by atoms with E-state index in [1.54, 1.807) is 35.2 Å². The summed E-state index contributed by atoms with van der Waals surface area (Å²) in [6.45, 7) is 0.112. The molecule has 28 heavy (non-hydrogen) atoms. The fourth-order valence-electron chi connectivity index (χ4n) is 2.72. The average Bonchev–Trinajstić information content (AvgIpc) is 3.36. The molecular formula is C19H19N3O6. The maximum atomic E-state index is 12.1. The number of urea groups is 1. The van der Waals surface area contributed by atoms with Gasteiger partial charge in [-0.15, -0.1) is 0 Å². The van der Waals surface area contributed by atoms with Crippen molar-refractivity contribution in [2.75, 3.05) is 18.1 Å². The van der Waals surface area contributed by atoms with Crippen LogP contribution in [0.3, 0.4) is 0 Å². The minimum atomic E-state index is -0.767. The number of esters is 1. The van der Waals surface area contributed by atoms with Gasteiger partial charge in [-0.2, -0.15) is 0 Å². The molecule has 0 unspecified atom stereocenters. The zero-order valence-corrected chi connectivity index (χ0v) is 15.0. The topological polar surface area (TPSA) is 118 Å². The van der Waals surface area contributed by atoms with Crippen molar-refractivity contribution in [2.45, 2.75) is 19.4 Å². The molecule has 1 aromatic carbocycles. The van der Waals surface area contributed by atoms with E-state index in [4.69, 9.17) is 9.15 Å². The summed E-state index contributed by atoms with van der Waals surface area (Å²) in [7, 11) is 0. The molecule has 0 bridgehead atoms. The molecule has 1 saturated heterocycles. The fourth-order valence-corrected chi connectivity index (χ4v) is 2.72. The number of carbonyl (C=O) groups is 4. The highest BCUT2D eigenvalue weighted by molar-refractivity contribution is 5.99. The minimum Gasteiger partial charge on any atom is -0.467 e. The molecular weight excluding hydrogens is 366 g/mol. The summed E-state index contributed by atoms with van der Waals surface area (Å²) in [6, 6.07) is 9.06. The summed E-state index contributed by atoms with van der Waals surface area (Å²) in [6.07, 6.45) is 2.72. The summed E-state index contributed by atoms with van der Waals surface area (Å²) >= 11 is 0. The first-order valence-electron chi connectivity index (χ1n) is 8.70. The maximum absolute atomic E-state index is 12.1. The van der Waals surface area contributed by atoms with Crippen LogP contribution in [0.1, 0.15) is 29.0 Å². The lowest BCUT2D eigenvalue weighted by molar-refractivity contribution is -0.123. The van der Waals surface area contributed by atoms with Crippen molar-refractivity contribution < 1.29 is 28.3 Å². The lowest BCUT2D eigenvalue weighted by Gasteiger charge is -2.16. The SMILES string of the molecule is O=C(COC(=O)c1cccc(N2CCCC2=O)c1)NC(=O)NCc1ccco1. The number of ether oxygens (including phenoxy) is 1. The number of furan rings is 1. The Kier molecular flexibility index (Phi) is 6.05. The van der Waals surface area contributed by atoms with Crippen molar-refractivity contribution >= 4 is 29.5 Å². The summed E-state index contributed by atoms with van der Waals surface area (Å²) in [5.74, 6) is -0.952. The molecule has 1 aromatic heterocycles. The number of benzene rings is 1. The zero-order valence-electron chi connectivity index (χ0n) is 15.0. The van der Waals surface area contributed by atoms with E-state index in [1.165, 1.54) is 12.3 Å². The van der Waals surface area contributed by atoms with Crippen LogP contribution in [-0.2, 0) is 20.9 Å². The van der Waals surface area contributed by atoms with Gasteiger partial charge < -0.3 is 19.4 Å². The molecule has 2 aromatic rings. The minimum absolute atomic E-state index is 0.00505. The van der Waals surface area contributed by atoms with Gasteiger partial charge in [0.05, 0.1) is 18.4 Å². The number of amides is 4. The van der Waals surface area contributed by atoms with Gasteiger partial charge in [0.2, 0.25) is 5.91 Å². The van der Waals surface area contributed by atoms with E-state index in [9.17, 15) is 19.2 Å². The van der Waals surface area contributed by atoms with E-state index in [-0.39, 0.29) is 18.0 Å². The van der Waals surface area contributed by atoms with Crippen molar-refractivity contribution in [3.05, 3.63) is 54.0 Å². The van der Waals surface area contributed by atoms with Crippen LogP contribution in [0.15, 0.2) is 47.1 Å². The van der Waals surface area contributed by atoms with E-state index in [2.05, 4.69) is 10.6 Å². The second-order valence-corrected chi connectivity index (χ2v) is 6.09. The van der Waals surface area contributed by atoms with Crippen LogP contribution in [0.5, 0.6) is 0 Å². The monoisotopic (exact) mass is 385 g/mol. The average molecular weight is 385 g/mol. The van der Waals surface area contributed by atoms with E-state index in [0.29, 0.717) is 24.4 Å². The number of hydrogen-bond donors (Lipinski definition) is 2. The molecule has 2 N–H and O–H groups in total. The van der Waals surface area contributed by atoms with E-state index in [1.807, 2.05) is 0 Å². The van der Waals surface area contributed by atoms with Gasteiger partial charge in [-0.25, -0.2) is 9.59 Å². The van der Waals surface area contributed by atoms with E-state index in [0.717, 1.165) is 6.42 Å². The number of carbonyl (C=O) groups excluding carboxylic acids is 4. The number of anilines is 1. The molecule has 0 saturated carbocycles. The molecule has 0 radical (unpaired) electrons. The Morgan fingerprint density at radius 1 is 1.18 bits per heavy atom. The van der Waals surface area contributed by atoms with Gasteiger partial charge in [-0.3, -0.25) is 14.9 Å². The Morgan fingerprint density at radius 2 is 2.04 bits per heavy atom. The standard InChI is InChI=1S/C19H19N3O6/c23-16(21-19(26)20-11-15-6-3-9-27-15)12-28-18(25)13-4-1-5-14(10-13)22-8-2-7-17(22)24/h1,3-6,9-10H,2,7-8,11-12H2,(H2,20,21,23,26). The largest absolute Gasteiger partial charge is 0.467 e. The predicted octanol–water partition coefficient (Wildman–Crippen LogP) is 1.59. The van der Waals surface area contributed by atoms with Crippen LogP contribution < -0.4 is 15.5 Å². The van der Waals surface area contributed by atoms with E-state index < -0.39 is 24.5 Å². The molecule has 4 amide bonds. The molecule has 9 heteroatoms. The summed E-state index contributed by atoms with van der Waals surface area (Å²) in [5, 5.41) is 4.49.